The van der Waals surface area contributed by atoms with Crippen LogP contribution in [0.5, 0.6) is 5.75 Å². The van der Waals surface area contributed by atoms with Crippen LogP contribution >= 0.6 is 0 Å². The Bertz CT molecular complexity index is 712. The van der Waals surface area contributed by atoms with Gasteiger partial charge >= 0.3 is 0 Å². The van der Waals surface area contributed by atoms with Crippen LogP contribution in [0.4, 0.5) is 0 Å². The molecule has 28 heavy (non-hydrogen) atoms. The Hall–Kier alpha value is -1.63. The molecule has 1 aromatic carbocycles. The van der Waals surface area contributed by atoms with Gasteiger partial charge in [-0.25, -0.2) is 0 Å². The van der Waals surface area contributed by atoms with Crippen molar-refractivity contribution >= 4 is 5.91 Å². The van der Waals surface area contributed by atoms with Gasteiger partial charge in [-0.3, -0.25) is 4.79 Å². The zero-order chi connectivity index (χ0) is 19.8. The molecule has 1 aliphatic carbocycles. The minimum Gasteiger partial charge on any atom is -0.496 e. The molecular formula is C22H32N2O4. The molecule has 1 amide bonds. The average molecular weight is 389 g/mol. The molecule has 0 radical (unpaired) electrons. The molecule has 0 unspecified atom stereocenters. The third-order valence-corrected chi connectivity index (χ3v) is 6.70. The Kier molecular flexibility index (Phi) is 5.38. The monoisotopic (exact) mass is 388 g/mol. The molecule has 1 saturated carbocycles. The summed E-state index contributed by atoms with van der Waals surface area (Å²) in [5, 5.41) is 13.8. The maximum absolute atomic E-state index is 12.9. The van der Waals surface area contributed by atoms with Crippen LogP contribution < -0.4 is 10.1 Å². The lowest BCUT2D eigenvalue weighted by Gasteiger charge is -2.52. The summed E-state index contributed by atoms with van der Waals surface area (Å²) < 4.78 is 11.5. The van der Waals surface area contributed by atoms with Crippen LogP contribution in [0, 0.1) is 5.92 Å². The first-order valence-corrected chi connectivity index (χ1v) is 10.4. The third kappa shape index (κ3) is 4.04. The smallest absolute Gasteiger partial charge is 0.255 e. The van der Waals surface area contributed by atoms with Crippen LogP contribution in [0.3, 0.4) is 0 Å². The van der Waals surface area contributed by atoms with E-state index in [4.69, 9.17) is 9.47 Å². The zero-order valence-electron chi connectivity index (χ0n) is 16.9. The molecule has 6 heteroatoms. The molecular weight excluding hydrogens is 356 g/mol. The fraction of sp³-hybridized carbons (Fsp3) is 0.682. The number of amides is 1. The summed E-state index contributed by atoms with van der Waals surface area (Å²) in [6.45, 7) is 5.46. The highest BCUT2D eigenvalue weighted by Gasteiger charge is 2.50. The van der Waals surface area contributed by atoms with Crippen LogP contribution in [-0.2, 0) is 4.74 Å². The van der Waals surface area contributed by atoms with Crippen LogP contribution in [-0.4, -0.2) is 66.5 Å². The third-order valence-electron chi connectivity index (χ3n) is 6.70. The van der Waals surface area contributed by atoms with Gasteiger partial charge in [0.15, 0.2) is 0 Å². The molecule has 1 spiro atoms. The predicted octanol–water partition coefficient (Wildman–Crippen LogP) is 2.21. The first kappa shape index (κ1) is 19.7. The minimum atomic E-state index is -0.735. The number of methoxy groups -OCH3 is 1. The van der Waals surface area contributed by atoms with E-state index in [1.54, 1.807) is 19.2 Å². The van der Waals surface area contributed by atoms with E-state index in [1.165, 1.54) is 19.4 Å². The zero-order valence-corrected chi connectivity index (χ0v) is 16.9. The van der Waals surface area contributed by atoms with Crippen molar-refractivity contribution < 1.29 is 19.4 Å². The molecule has 6 nitrogen and oxygen atoms in total. The molecule has 2 heterocycles. The molecule has 1 aromatic rings. The molecule has 0 bridgehead atoms. The first-order valence-electron chi connectivity index (χ1n) is 10.4. The van der Waals surface area contributed by atoms with Crippen LogP contribution in [0.15, 0.2) is 24.3 Å². The minimum absolute atomic E-state index is 0.220. The first-order chi connectivity index (χ1) is 13.4. The Labute approximate surface area is 167 Å². The molecule has 0 aromatic heterocycles. The van der Waals surface area contributed by atoms with Gasteiger partial charge in [0.2, 0.25) is 0 Å². The summed E-state index contributed by atoms with van der Waals surface area (Å²) in [7, 11) is 1.56. The quantitative estimate of drug-likeness (QED) is 0.809. The van der Waals surface area contributed by atoms with Gasteiger partial charge in [-0.2, -0.15) is 0 Å². The Balaban J connectivity index is 1.44. The van der Waals surface area contributed by atoms with E-state index in [9.17, 15) is 9.90 Å². The van der Waals surface area contributed by atoms with E-state index in [0.29, 0.717) is 17.7 Å². The van der Waals surface area contributed by atoms with Crippen molar-refractivity contribution in [3.63, 3.8) is 0 Å². The van der Waals surface area contributed by atoms with Crippen molar-refractivity contribution in [2.75, 3.05) is 33.4 Å². The Morgan fingerprint density at radius 3 is 2.71 bits per heavy atom. The van der Waals surface area contributed by atoms with E-state index in [1.807, 2.05) is 19.1 Å². The van der Waals surface area contributed by atoms with Gasteiger partial charge < -0.3 is 24.8 Å². The van der Waals surface area contributed by atoms with Crippen molar-refractivity contribution in [2.45, 2.75) is 56.3 Å². The normalized spacial score (nSPS) is 30.2. The molecule has 2 N–H and O–H groups in total. The van der Waals surface area contributed by atoms with E-state index >= 15 is 0 Å². The van der Waals surface area contributed by atoms with E-state index in [2.05, 4.69) is 10.2 Å². The van der Waals surface area contributed by atoms with Gasteiger partial charge in [0.1, 0.15) is 11.9 Å². The summed E-state index contributed by atoms with van der Waals surface area (Å²) in [6.07, 6.45) is 4.54. The second-order valence-corrected chi connectivity index (χ2v) is 9.00. The molecule has 2 aliphatic heterocycles. The average Bonchev–Trinajstić information content (AvgIpc) is 3.51. The van der Waals surface area contributed by atoms with Gasteiger partial charge in [-0.1, -0.05) is 12.1 Å². The van der Waals surface area contributed by atoms with Crippen molar-refractivity contribution in [3.8, 4) is 5.75 Å². The van der Waals surface area contributed by atoms with Gasteiger partial charge in [0, 0.05) is 26.1 Å². The number of nitrogens with zero attached hydrogens (tertiary/aromatic N) is 1. The summed E-state index contributed by atoms with van der Waals surface area (Å²) in [5.74, 6) is 1.21. The fourth-order valence-corrected chi connectivity index (χ4v) is 4.69. The number of carbonyl (C=O) groups excluding carboxylic acids is 1. The lowest BCUT2D eigenvalue weighted by atomic mass is 9.74. The molecule has 3 aliphatic rings. The molecule has 3 fully saturated rings. The number of hydrogen-bond donors (Lipinski definition) is 2. The molecule has 2 atom stereocenters. The van der Waals surface area contributed by atoms with E-state index < -0.39 is 11.6 Å². The number of hydrogen-bond acceptors (Lipinski definition) is 5. The molecule has 4 rings (SSSR count). The number of rotatable bonds is 5. The number of aliphatic hydroxyl groups excluding tert-OH is 1. The number of benzene rings is 1. The second kappa shape index (κ2) is 7.65. The number of piperidine rings is 1. The van der Waals surface area contributed by atoms with Crippen LogP contribution in [0.25, 0.3) is 0 Å². The lowest BCUT2D eigenvalue weighted by Crippen LogP contribution is -2.65. The highest BCUT2D eigenvalue weighted by molar-refractivity contribution is 5.97. The maximum Gasteiger partial charge on any atom is 0.255 e. The van der Waals surface area contributed by atoms with Crippen LogP contribution in [0.1, 0.15) is 49.4 Å². The second-order valence-electron chi connectivity index (χ2n) is 9.00. The largest absolute Gasteiger partial charge is 0.496 e. The number of ether oxygens (including phenoxy) is 2. The van der Waals surface area contributed by atoms with E-state index in [0.717, 1.165) is 31.8 Å². The highest BCUT2D eigenvalue weighted by atomic mass is 16.5. The number of likely N-dealkylation sites (tertiary alicyclic amines) is 1. The van der Waals surface area contributed by atoms with Gasteiger partial charge in [-0.05, 0) is 50.7 Å². The van der Waals surface area contributed by atoms with Crippen molar-refractivity contribution in [1.82, 2.24) is 10.2 Å². The standard InChI is InChI=1S/C22H32N2O4/c1-21(23-20(26)17-5-3-4-6-18(17)27-2)15-22(28-14-19(21)25)9-11-24(12-10-22)13-16-7-8-16/h3-6,16,19,25H,7-15H2,1-2H3,(H,23,26)/t19-,21-/m1/s1. The number of para-hydroxylation sites is 1. The van der Waals surface area contributed by atoms with Crippen molar-refractivity contribution in [1.29, 1.82) is 0 Å². The van der Waals surface area contributed by atoms with Crippen molar-refractivity contribution in [2.24, 2.45) is 5.92 Å². The van der Waals surface area contributed by atoms with Gasteiger partial charge in [0.25, 0.3) is 5.91 Å². The number of carbonyl (C=O) groups is 1. The van der Waals surface area contributed by atoms with Gasteiger partial charge in [-0.15, -0.1) is 0 Å². The number of nitrogens with one attached hydrogen (secondary N) is 1. The Morgan fingerprint density at radius 1 is 1.32 bits per heavy atom. The Morgan fingerprint density at radius 2 is 2.04 bits per heavy atom. The van der Waals surface area contributed by atoms with Crippen LogP contribution in [0.2, 0.25) is 0 Å². The fourth-order valence-electron chi connectivity index (χ4n) is 4.69. The summed E-state index contributed by atoms with van der Waals surface area (Å²) in [5.41, 5.74) is -0.505. The molecule has 154 valence electrons. The SMILES string of the molecule is COc1ccccc1C(=O)N[C@]1(C)CC2(CCN(CC3CC3)CC2)OC[C@H]1O. The summed E-state index contributed by atoms with van der Waals surface area (Å²) in [6, 6.07) is 7.17. The van der Waals surface area contributed by atoms with Crippen molar-refractivity contribution in [3.05, 3.63) is 29.8 Å². The maximum atomic E-state index is 12.9. The molecule has 2 saturated heterocycles. The predicted molar refractivity (Wildman–Crippen MR) is 107 cm³/mol. The van der Waals surface area contributed by atoms with Gasteiger partial charge in [0.05, 0.1) is 30.4 Å². The summed E-state index contributed by atoms with van der Waals surface area (Å²) in [4.78, 5) is 15.5. The topological polar surface area (TPSA) is 71.0 Å². The lowest BCUT2D eigenvalue weighted by molar-refractivity contribution is -0.177. The summed E-state index contributed by atoms with van der Waals surface area (Å²) >= 11 is 0. The van der Waals surface area contributed by atoms with E-state index in [-0.39, 0.29) is 18.1 Å². The highest BCUT2D eigenvalue weighted by Crippen LogP contribution is 2.41. The number of aliphatic hydroxyl groups is 1.